The number of anilines is 2. The average Bonchev–Trinajstić information content (AvgIpc) is 2.48. The van der Waals surface area contributed by atoms with E-state index in [1.54, 1.807) is 0 Å². The monoisotopic (exact) mass is 329 g/mol. The van der Waals surface area contributed by atoms with Gasteiger partial charge in [0.25, 0.3) is 0 Å². The molecule has 0 saturated heterocycles. The Balaban J connectivity index is 2.46. The molecule has 2 aromatic rings. The first-order valence-electron chi connectivity index (χ1n) is 6.27. The van der Waals surface area contributed by atoms with Crippen LogP contribution in [0.15, 0.2) is 36.4 Å². The summed E-state index contributed by atoms with van der Waals surface area (Å²) in [7, 11) is 1.28. The predicted molar refractivity (Wildman–Crippen MR) is 74.6 cm³/mol. The molecule has 0 saturated carbocycles. The van der Waals surface area contributed by atoms with Crippen LogP contribution in [0.4, 0.5) is 28.9 Å². The van der Waals surface area contributed by atoms with Crippen molar-refractivity contribution in [3.63, 3.8) is 0 Å². The van der Waals surface area contributed by atoms with Gasteiger partial charge in [0.15, 0.2) is 0 Å². The third-order valence-electron chi connectivity index (χ3n) is 3.01. The molecule has 0 aliphatic carbocycles. The van der Waals surface area contributed by atoms with E-state index in [4.69, 9.17) is 9.84 Å². The third kappa shape index (κ3) is 3.71. The van der Waals surface area contributed by atoms with Crippen LogP contribution in [-0.2, 0) is 6.18 Å². The Morgan fingerprint density at radius 3 is 2.35 bits per heavy atom. The van der Waals surface area contributed by atoms with E-state index in [1.165, 1.54) is 13.2 Å². The topological polar surface area (TPSA) is 58.6 Å². The SMILES string of the molecule is COc1cc(F)ccc1Nc1ccc(C(F)(F)F)cc1C(=O)O. The van der Waals surface area contributed by atoms with Gasteiger partial charge in [-0.25, -0.2) is 9.18 Å². The second kappa shape index (κ2) is 6.15. The number of hydrogen-bond donors (Lipinski definition) is 2. The van der Waals surface area contributed by atoms with Gasteiger partial charge in [-0.2, -0.15) is 13.2 Å². The standard InChI is InChI=1S/C15H11F4NO3/c1-23-13-7-9(16)3-5-12(13)20-11-4-2-8(15(17,18)19)6-10(11)14(21)22/h2-7,20H,1H3,(H,21,22). The molecule has 23 heavy (non-hydrogen) atoms. The molecule has 4 nitrogen and oxygen atoms in total. The van der Waals surface area contributed by atoms with Gasteiger partial charge in [-0.05, 0) is 30.3 Å². The average molecular weight is 329 g/mol. The third-order valence-corrected chi connectivity index (χ3v) is 3.01. The molecule has 122 valence electrons. The van der Waals surface area contributed by atoms with E-state index in [0.29, 0.717) is 6.07 Å². The maximum Gasteiger partial charge on any atom is 0.416 e. The summed E-state index contributed by atoms with van der Waals surface area (Å²) >= 11 is 0. The van der Waals surface area contributed by atoms with Crippen LogP contribution in [0, 0.1) is 5.82 Å². The summed E-state index contributed by atoms with van der Waals surface area (Å²) in [5, 5.41) is 11.7. The van der Waals surface area contributed by atoms with Crippen molar-refractivity contribution in [3.05, 3.63) is 53.3 Å². The number of carboxylic acids is 1. The summed E-state index contributed by atoms with van der Waals surface area (Å²) in [4.78, 5) is 11.2. The molecule has 0 aliphatic heterocycles. The van der Waals surface area contributed by atoms with Crippen LogP contribution in [0.3, 0.4) is 0 Å². The normalized spacial score (nSPS) is 11.2. The zero-order valence-electron chi connectivity index (χ0n) is 11.7. The number of benzene rings is 2. The molecule has 2 N–H and O–H groups in total. The summed E-state index contributed by atoms with van der Waals surface area (Å²) in [5.74, 6) is -2.01. The molecule has 2 rings (SSSR count). The van der Waals surface area contributed by atoms with Gasteiger partial charge in [-0.15, -0.1) is 0 Å². The number of carbonyl (C=O) groups is 1. The first kappa shape index (κ1) is 16.6. The number of carboxylic acid groups (broad SMARTS) is 1. The fourth-order valence-corrected chi connectivity index (χ4v) is 1.92. The van der Waals surface area contributed by atoms with Gasteiger partial charge < -0.3 is 15.2 Å². The highest BCUT2D eigenvalue weighted by atomic mass is 19.4. The quantitative estimate of drug-likeness (QED) is 0.822. The Morgan fingerprint density at radius 2 is 1.78 bits per heavy atom. The second-order valence-corrected chi connectivity index (χ2v) is 4.53. The fraction of sp³-hybridized carbons (Fsp3) is 0.133. The zero-order valence-corrected chi connectivity index (χ0v) is 11.7. The summed E-state index contributed by atoms with van der Waals surface area (Å²) in [6, 6.07) is 5.74. The highest BCUT2D eigenvalue weighted by Gasteiger charge is 2.31. The Labute approximate surface area is 128 Å². The van der Waals surface area contributed by atoms with Crippen molar-refractivity contribution < 1.29 is 32.2 Å². The summed E-state index contributed by atoms with van der Waals surface area (Å²) in [5.41, 5.74) is -1.50. The number of nitrogens with one attached hydrogen (secondary N) is 1. The van der Waals surface area contributed by atoms with Crippen molar-refractivity contribution in [2.75, 3.05) is 12.4 Å². The van der Waals surface area contributed by atoms with E-state index in [-0.39, 0.29) is 17.1 Å². The lowest BCUT2D eigenvalue weighted by atomic mass is 10.1. The summed E-state index contributed by atoms with van der Waals surface area (Å²) in [6.45, 7) is 0. The largest absolute Gasteiger partial charge is 0.494 e. The van der Waals surface area contributed by atoms with Crippen LogP contribution >= 0.6 is 0 Å². The summed E-state index contributed by atoms with van der Waals surface area (Å²) < 4.78 is 56.1. The van der Waals surface area contributed by atoms with Gasteiger partial charge >= 0.3 is 12.1 Å². The molecule has 0 fully saturated rings. The van der Waals surface area contributed by atoms with E-state index in [1.807, 2.05) is 0 Å². The zero-order chi connectivity index (χ0) is 17.2. The molecular formula is C15H11F4NO3. The van der Waals surface area contributed by atoms with E-state index < -0.39 is 29.1 Å². The van der Waals surface area contributed by atoms with Crippen LogP contribution in [0.2, 0.25) is 0 Å². The number of ether oxygens (including phenoxy) is 1. The molecule has 0 spiro atoms. The van der Waals surface area contributed by atoms with Crippen LogP contribution in [0.1, 0.15) is 15.9 Å². The molecule has 0 unspecified atom stereocenters. The van der Waals surface area contributed by atoms with Crippen molar-refractivity contribution in [3.8, 4) is 5.75 Å². The van der Waals surface area contributed by atoms with Gasteiger partial charge in [0.2, 0.25) is 0 Å². The molecule has 0 aromatic heterocycles. The van der Waals surface area contributed by atoms with Crippen LogP contribution in [-0.4, -0.2) is 18.2 Å². The maximum absolute atomic E-state index is 13.1. The van der Waals surface area contributed by atoms with E-state index in [0.717, 1.165) is 24.3 Å². The second-order valence-electron chi connectivity index (χ2n) is 4.53. The maximum atomic E-state index is 13.1. The lowest BCUT2D eigenvalue weighted by Crippen LogP contribution is -2.09. The smallest absolute Gasteiger partial charge is 0.416 e. The van der Waals surface area contributed by atoms with Crippen molar-refractivity contribution in [1.82, 2.24) is 0 Å². The van der Waals surface area contributed by atoms with Gasteiger partial charge in [-0.1, -0.05) is 0 Å². The number of methoxy groups -OCH3 is 1. The van der Waals surface area contributed by atoms with Crippen LogP contribution in [0.25, 0.3) is 0 Å². The Bertz CT molecular complexity index is 744. The molecule has 0 heterocycles. The lowest BCUT2D eigenvalue weighted by molar-refractivity contribution is -0.137. The molecule has 8 heteroatoms. The molecule has 0 radical (unpaired) electrons. The number of hydrogen-bond acceptors (Lipinski definition) is 3. The number of halogens is 4. The molecule has 0 bridgehead atoms. The number of alkyl halides is 3. The first-order chi connectivity index (χ1) is 10.7. The van der Waals surface area contributed by atoms with Gasteiger partial charge in [-0.3, -0.25) is 0 Å². The Morgan fingerprint density at radius 1 is 1.13 bits per heavy atom. The van der Waals surface area contributed by atoms with Crippen molar-refractivity contribution in [2.24, 2.45) is 0 Å². The molecular weight excluding hydrogens is 318 g/mol. The lowest BCUT2D eigenvalue weighted by Gasteiger charge is -2.15. The highest BCUT2D eigenvalue weighted by Crippen LogP contribution is 2.34. The Hall–Kier alpha value is -2.77. The number of rotatable bonds is 4. The minimum absolute atomic E-state index is 0.0737. The minimum Gasteiger partial charge on any atom is -0.494 e. The van der Waals surface area contributed by atoms with Gasteiger partial charge in [0, 0.05) is 6.07 Å². The molecule has 0 amide bonds. The first-order valence-corrected chi connectivity index (χ1v) is 6.27. The van der Waals surface area contributed by atoms with Crippen molar-refractivity contribution in [1.29, 1.82) is 0 Å². The van der Waals surface area contributed by atoms with E-state index >= 15 is 0 Å². The predicted octanol–water partition coefficient (Wildman–Crippen LogP) is 4.29. The summed E-state index contributed by atoms with van der Waals surface area (Å²) in [6.07, 6.45) is -4.66. The van der Waals surface area contributed by atoms with E-state index in [2.05, 4.69) is 5.32 Å². The fourth-order valence-electron chi connectivity index (χ4n) is 1.92. The van der Waals surface area contributed by atoms with Crippen LogP contribution < -0.4 is 10.1 Å². The van der Waals surface area contributed by atoms with E-state index in [9.17, 15) is 22.4 Å². The van der Waals surface area contributed by atoms with Crippen molar-refractivity contribution in [2.45, 2.75) is 6.18 Å². The van der Waals surface area contributed by atoms with Crippen LogP contribution in [0.5, 0.6) is 5.75 Å². The minimum atomic E-state index is -4.66. The highest BCUT2D eigenvalue weighted by molar-refractivity contribution is 5.95. The molecule has 0 aliphatic rings. The molecule has 2 aromatic carbocycles. The van der Waals surface area contributed by atoms with Gasteiger partial charge in [0.1, 0.15) is 11.6 Å². The molecule has 0 atom stereocenters. The number of aromatic carboxylic acids is 1. The van der Waals surface area contributed by atoms with Crippen molar-refractivity contribution >= 4 is 17.3 Å². The Kier molecular flexibility index (Phi) is 4.44. The van der Waals surface area contributed by atoms with Gasteiger partial charge in [0.05, 0.1) is 29.6 Å².